The minimum absolute atomic E-state index is 0.106. The average molecular weight is 1480 g/mol. The summed E-state index contributed by atoms with van der Waals surface area (Å²) in [5.41, 5.74) is 0. The van der Waals surface area contributed by atoms with Crippen molar-refractivity contribution in [1.29, 1.82) is 0 Å². The van der Waals surface area contributed by atoms with Crippen LogP contribution in [0.25, 0.3) is 0 Å². The third-order valence-corrected chi connectivity index (χ3v) is 21.1. The molecular formula is C82H160O17P2. The Morgan fingerprint density at radius 1 is 0.267 bits per heavy atom. The Morgan fingerprint density at radius 3 is 0.673 bits per heavy atom. The van der Waals surface area contributed by atoms with Gasteiger partial charge in [-0.3, -0.25) is 37.3 Å². The van der Waals surface area contributed by atoms with Gasteiger partial charge in [-0.25, -0.2) is 9.13 Å². The summed E-state index contributed by atoms with van der Waals surface area (Å²) in [4.78, 5) is 73.0. The molecule has 0 aromatic carbocycles. The van der Waals surface area contributed by atoms with Crippen LogP contribution in [-0.4, -0.2) is 96.7 Å². The molecule has 0 aliphatic carbocycles. The molecule has 0 radical (unpaired) electrons. The van der Waals surface area contributed by atoms with Crippen molar-refractivity contribution in [3.05, 3.63) is 0 Å². The van der Waals surface area contributed by atoms with Crippen molar-refractivity contribution in [2.24, 2.45) is 11.8 Å². The molecule has 0 saturated carbocycles. The van der Waals surface area contributed by atoms with Crippen LogP contribution < -0.4 is 0 Å². The van der Waals surface area contributed by atoms with E-state index in [9.17, 15) is 43.2 Å². The predicted octanol–water partition coefficient (Wildman–Crippen LogP) is 24.7. The Morgan fingerprint density at radius 2 is 0.455 bits per heavy atom. The third-order valence-electron chi connectivity index (χ3n) is 19.2. The summed E-state index contributed by atoms with van der Waals surface area (Å²) < 4.78 is 68.7. The highest BCUT2D eigenvalue weighted by Gasteiger charge is 2.30. The van der Waals surface area contributed by atoms with Crippen LogP contribution in [0.2, 0.25) is 0 Å². The van der Waals surface area contributed by atoms with Crippen molar-refractivity contribution in [3.63, 3.8) is 0 Å². The fourth-order valence-corrected chi connectivity index (χ4v) is 14.3. The molecule has 600 valence electrons. The second kappa shape index (κ2) is 73.6. The number of unbranched alkanes of at least 4 members (excludes halogenated alkanes) is 51. The molecule has 17 nitrogen and oxygen atoms in total. The molecule has 3 N–H and O–H groups in total. The van der Waals surface area contributed by atoms with Gasteiger partial charge in [0.25, 0.3) is 0 Å². The van der Waals surface area contributed by atoms with E-state index in [1.165, 1.54) is 250 Å². The van der Waals surface area contributed by atoms with Gasteiger partial charge in [0.1, 0.15) is 19.3 Å². The van der Waals surface area contributed by atoms with E-state index in [1.807, 2.05) is 0 Å². The zero-order valence-corrected chi connectivity index (χ0v) is 68.0. The maximum atomic E-state index is 13.1. The molecule has 5 atom stereocenters. The molecule has 0 heterocycles. The van der Waals surface area contributed by atoms with Gasteiger partial charge in [-0.1, -0.05) is 382 Å². The standard InChI is InChI=1S/C82H160O17P2/c1-7-9-11-13-15-17-19-20-21-27-30-34-41-47-53-59-65-80(85)93-71-77(98-81(86)66-60-54-48-42-35-31-28-25-23-22-24-26-29-33-38-44-50-56-62-74(3)4)72-96-100(88,89)94-68-76(83)69-95-101(90,91)97-73-78(70-92-79(84)64-58-52-46-40-32-18-16-14-12-10-8-2)99-82(87)67-61-55-49-43-37-36-39-45-51-57-63-75(5)6/h74-78,83H,7-73H2,1-6H3,(H,88,89)(H,90,91)/t76-,77-,78-/m1/s1. The minimum atomic E-state index is -4.96. The Balaban J connectivity index is 5.23. The Hall–Kier alpha value is -1.94. The lowest BCUT2D eigenvalue weighted by atomic mass is 10.0. The van der Waals surface area contributed by atoms with Crippen LogP contribution in [-0.2, 0) is 65.4 Å². The number of carbonyl (C=O) groups is 4. The molecule has 0 saturated heterocycles. The monoisotopic (exact) mass is 1480 g/mol. The lowest BCUT2D eigenvalue weighted by Crippen LogP contribution is -2.30. The van der Waals surface area contributed by atoms with E-state index in [0.29, 0.717) is 25.7 Å². The number of phosphoric acid groups is 2. The highest BCUT2D eigenvalue weighted by molar-refractivity contribution is 7.47. The van der Waals surface area contributed by atoms with E-state index < -0.39 is 97.5 Å². The normalized spacial score (nSPS) is 13.9. The van der Waals surface area contributed by atoms with Crippen LogP contribution >= 0.6 is 15.6 Å². The molecule has 0 aromatic heterocycles. The number of aliphatic hydroxyl groups is 1. The minimum Gasteiger partial charge on any atom is -0.462 e. The maximum Gasteiger partial charge on any atom is 0.472 e. The van der Waals surface area contributed by atoms with E-state index in [0.717, 1.165) is 102 Å². The lowest BCUT2D eigenvalue weighted by molar-refractivity contribution is -0.161. The van der Waals surface area contributed by atoms with Gasteiger partial charge in [0.2, 0.25) is 0 Å². The van der Waals surface area contributed by atoms with Gasteiger partial charge in [0, 0.05) is 25.7 Å². The number of phosphoric ester groups is 2. The largest absolute Gasteiger partial charge is 0.472 e. The van der Waals surface area contributed by atoms with Crippen molar-refractivity contribution in [1.82, 2.24) is 0 Å². The van der Waals surface area contributed by atoms with Gasteiger partial charge in [-0.2, -0.15) is 0 Å². The van der Waals surface area contributed by atoms with Gasteiger partial charge in [-0.05, 0) is 37.5 Å². The van der Waals surface area contributed by atoms with Crippen molar-refractivity contribution in [2.75, 3.05) is 39.6 Å². The molecule has 0 amide bonds. The zero-order valence-electron chi connectivity index (χ0n) is 66.2. The van der Waals surface area contributed by atoms with E-state index >= 15 is 0 Å². The first-order valence-corrected chi connectivity index (χ1v) is 45.5. The predicted molar refractivity (Wildman–Crippen MR) is 414 cm³/mol. The van der Waals surface area contributed by atoms with Gasteiger partial charge >= 0.3 is 39.5 Å². The lowest BCUT2D eigenvalue weighted by Gasteiger charge is -2.21. The zero-order chi connectivity index (χ0) is 74.2. The Labute approximate surface area is 619 Å². The first-order valence-electron chi connectivity index (χ1n) is 42.5. The van der Waals surface area contributed by atoms with Crippen LogP contribution in [0.3, 0.4) is 0 Å². The Bertz CT molecular complexity index is 1940. The number of aliphatic hydroxyl groups excluding tert-OH is 1. The van der Waals surface area contributed by atoms with Crippen molar-refractivity contribution >= 4 is 39.5 Å². The van der Waals surface area contributed by atoms with E-state index in [2.05, 4.69) is 41.5 Å². The van der Waals surface area contributed by atoms with E-state index in [-0.39, 0.29) is 25.7 Å². The van der Waals surface area contributed by atoms with E-state index in [4.69, 9.17) is 37.0 Å². The summed E-state index contributed by atoms with van der Waals surface area (Å²) in [6.45, 7) is 9.67. The SMILES string of the molecule is CCCCCCCCCCCCCCCCCCC(=O)OC[C@H](COP(=O)(O)OC[C@@H](O)COP(=O)(O)OC[C@@H](COC(=O)CCCCCCCCCCCCC)OC(=O)CCCCCCCCCCCCC(C)C)OC(=O)CCCCCCCCCCCCCCCCCCCCC(C)C. The van der Waals surface area contributed by atoms with Crippen molar-refractivity contribution in [2.45, 2.75) is 452 Å². The number of carbonyl (C=O) groups excluding carboxylic acids is 4. The number of hydrogen-bond acceptors (Lipinski definition) is 15. The molecule has 19 heteroatoms. The van der Waals surface area contributed by atoms with Gasteiger partial charge in [-0.15, -0.1) is 0 Å². The van der Waals surface area contributed by atoms with Gasteiger partial charge in [0.15, 0.2) is 12.2 Å². The van der Waals surface area contributed by atoms with Crippen LogP contribution in [0.4, 0.5) is 0 Å². The van der Waals surface area contributed by atoms with Crippen molar-refractivity contribution in [3.8, 4) is 0 Å². The maximum absolute atomic E-state index is 13.1. The first kappa shape index (κ1) is 99.1. The van der Waals surface area contributed by atoms with Crippen LogP contribution in [0.15, 0.2) is 0 Å². The van der Waals surface area contributed by atoms with E-state index in [1.54, 1.807) is 0 Å². The van der Waals surface area contributed by atoms with Gasteiger partial charge < -0.3 is 33.8 Å². The first-order chi connectivity index (χ1) is 48.9. The molecule has 0 spiro atoms. The summed E-state index contributed by atoms with van der Waals surface area (Å²) in [6.07, 6.45) is 63.8. The highest BCUT2D eigenvalue weighted by Crippen LogP contribution is 2.45. The topological polar surface area (TPSA) is 237 Å². The highest BCUT2D eigenvalue weighted by atomic mass is 31.2. The molecule has 0 aromatic rings. The number of hydrogen-bond donors (Lipinski definition) is 3. The Kier molecular flexibility index (Phi) is 72.2. The number of ether oxygens (including phenoxy) is 4. The van der Waals surface area contributed by atoms with Crippen LogP contribution in [0, 0.1) is 11.8 Å². The second-order valence-corrected chi connectivity index (χ2v) is 33.4. The fraction of sp³-hybridized carbons (Fsp3) is 0.951. The molecular weight excluding hydrogens is 1320 g/mol. The molecule has 0 bridgehead atoms. The van der Waals surface area contributed by atoms with Crippen LogP contribution in [0.5, 0.6) is 0 Å². The summed E-state index contributed by atoms with van der Waals surface area (Å²) in [5, 5.41) is 10.6. The van der Waals surface area contributed by atoms with Gasteiger partial charge in [0.05, 0.1) is 26.4 Å². The molecule has 0 aliphatic heterocycles. The second-order valence-electron chi connectivity index (χ2n) is 30.5. The summed E-state index contributed by atoms with van der Waals surface area (Å²) >= 11 is 0. The summed E-state index contributed by atoms with van der Waals surface area (Å²) in [5.74, 6) is -0.534. The average Bonchev–Trinajstić information content (AvgIpc) is 1.07. The molecule has 0 aliphatic rings. The fourth-order valence-electron chi connectivity index (χ4n) is 12.7. The smallest absolute Gasteiger partial charge is 0.462 e. The molecule has 0 rings (SSSR count). The number of esters is 4. The van der Waals surface area contributed by atoms with Crippen molar-refractivity contribution < 1.29 is 80.2 Å². The summed E-state index contributed by atoms with van der Waals surface area (Å²) in [7, 11) is -9.92. The number of rotatable bonds is 81. The summed E-state index contributed by atoms with van der Waals surface area (Å²) in [6, 6.07) is 0. The molecule has 101 heavy (non-hydrogen) atoms. The third kappa shape index (κ3) is 76.1. The molecule has 2 unspecified atom stereocenters. The van der Waals surface area contributed by atoms with Crippen LogP contribution in [0.1, 0.15) is 433 Å². The molecule has 0 fully saturated rings. The quantitative estimate of drug-likeness (QED) is 0.0222.